The second-order valence-corrected chi connectivity index (χ2v) is 8.80. The fraction of sp³-hybridized carbons (Fsp3) is 0.0952. The number of nitrogens with one attached hydrogen (secondary N) is 1. The molecule has 3 aromatic carbocycles. The summed E-state index contributed by atoms with van der Waals surface area (Å²) < 4.78 is 40.0. The zero-order valence-corrected chi connectivity index (χ0v) is 17.3. The van der Waals surface area contributed by atoms with E-state index in [1.807, 2.05) is 6.92 Å². The van der Waals surface area contributed by atoms with Crippen molar-refractivity contribution in [1.29, 1.82) is 0 Å². The number of halogens is 2. The fourth-order valence-electron chi connectivity index (χ4n) is 2.67. The van der Waals surface area contributed by atoms with Gasteiger partial charge in [0.1, 0.15) is 5.82 Å². The number of carbonyl (C=O) groups excluding carboxylic acids is 1. The molecule has 0 heterocycles. The van der Waals surface area contributed by atoms with E-state index in [-0.39, 0.29) is 10.5 Å². The number of nitrogens with zero attached hydrogens (tertiary/aromatic N) is 1. The maximum Gasteiger partial charge on any atom is 0.264 e. The predicted molar refractivity (Wildman–Crippen MR) is 113 cm³/mol. The number of benzene rings is 3. The van der Waals surface area contributed by atoms with E-state index in [1.165, 1.54) is 55.6 Å². The third kappa shape index (κ3) is 4.58. The lowest BCUT2D eigenvalue weighted by atomic mass is 10.1. The van der Waals surface area contributed by atoms with Gasteiger partial charge in [-0.05, 0) is 67.1 Å². The highest BCUT2D eigenvalue weighted by atomic mass is 35.5. The first-order chi connectivity index (χ1) is 13.7. The van der Waals surface area contributed by atoms with Crippen molar-refractivity contribution < 1.29 is 17.6 Å². The standard InChI is InChI=1S/C21H18ClFN2O3S/c1-14-6-7-16(22)13-20(14)24-21(26)15-4-3-5-19(12-15)29(27,28)25(2)18-10-8-17(23)9-11-18/h3-13H,1-2H3,(H,24,26). The van der Waals surface area contributed by atoms with Gasteiger partial charge in [-0.1, -0.05) is 23.7 Å². The van der Waals surface area contributed by atoms with Crippen LogP contribution in [0.3, 0.4) is 0 Å². The molecule has 0 unspecified atom stereocenters. The first kappa shape index (κ1) is 20.8. The minimum Gasteiger partial charge on any atom is -0.322 e. The lowest BCUT2D eigenvalue weighted by Crippen LogP contribution is -2.27. The molecule has 0 aliphatic rings. The number of hydrogen-bond donors (Lipinski definition) is 1. The normalized spacial score (nSPS) is 11.2. The molecular weight excluding hydrogens is 415 g/mol. The van der Waals surface area contributed by atoms with Gasteiger partial charge in [0, 0.05) is 23.3 Å². The van der Waals surface area contributed by atoms with Gasteiger partial charge in [0.2, 0.25) is 0 Å². The SMILES string of the molecule is Cc1ccc(Cl)cc1NC(=O)c1cccc(S(=O)(=O)N(C)c2ccc(F)cc2)c1. The van der Waals surface area contributed by atoms with Crippen LogP contribution in [0.1, 0.15) is 15.9 Å². The summed E-state index contributed by atoms with van der Waals surface area (Å²) >= 11 is 5.97. The summed E-state index contributed by atoms with van der Waals surface area (Å²) in [5.41, 5.74) is 1.84. The van der Waals surface area contributed by atoms with Crippen molar-refractivity contribution in [2.24, 2.45) is 0 Å². The van der Waals surface area contributed by atoms with Gasteiger partial charge in [0.25, 0.3) is 15.9 Å². The second-order valence-electron chi connectivity index (χ2n) is 6.39. The van der Waals surface area contributed by atoms with Crippen LogP contribution < -0.4 is 9.62 Å². The molecule has 3 aromatic rings. The first-order valence-electron chi connectivity index (χ1n) is 8.60. The summed E-state index contributed by atoms with van der Waals surface area (Å²) in [4.78, 5) is 12.6. The van der Waals surface area contributed by atoms with Gasteiger partial charge in [-0.2, -0.15) is 0 Å². The maximum atomic E-state index is 13.1. The van der Waals surface area contributed by atoms with Gasteiger partial charge < -0.3 is 5.32 Å². The Balaban J connectivity index is 1.89. The molecule has 0 aliphatic carbocycles. The lowest BCUT2D eigenvalue weighted by Gasteiger charge is -2.20. The van der Waals surface area contributed by atoms with Gasteiger partial charge in [0.15, 0.2) is 0 Å². The van der Waals surface area contributed by atoms with Crippen molar-refractivity contribution in [2.45, 2.75) is 11.8 Å². The predicted octanol–water partition coefficient (Wildman–Crippen LogP) is 4.86. The van der Waals surface area contributed by atoms with Crippen molar-refractivity contribution >= 4 is 38.9 Å². The third-order valence-corrected chi connectivity index (χ3v) is 6.41. The van der Waals surface area contributed by atoms with Crippen LogP contribution in [0.15, 0.2) is 71.6 Å². The van der Waals surface area contributed by atoms with Gasteiger partial charge in [-0.3, -0.25) is 9.10 Å². The van der Waals surface area contributed by atoms with E-state index < -0.39 is 21.7 Å². The van der Waals surface area contributed by atoms with Gasteiger partial charge in [0.05, 0.1) is 10.6 Å². The number of rotatable bonds is 5. The average molecular weight is 433 g/mol. The molecule has 150 valence electrons. The van der Waals surface area contributed by atoms with E-state index in [1.54, 1.807) is 18.2 Å². The zero-order chi connectivity index (χ0) is 21.2. The monoisotopic (exact) mass is 432 g/mol. The number of amides is 1. The van der Waals surface area contributed by atoms with Crippen LogP contribution in [-0.2, 0) is 10.0 Å². The molecule has 3 rings (SSSR count). The van der Waals surface area contributed by atoms with E-state index in [9.17, 15) is 17.6 Å². The fourth-order valence-corrected chi connectivity index (χ4v) is 4.08. The van der Waals surface area contributed by atoms with Gasteiger partial charge in [-0.15, -0.1) is 0 Å². The van der Waals surface area contributed by atoms with Crippen LogP contribution in [0, 0.1) is 12.7 Å². The number of anilines is 2. The minimum atomic E-state index is -3.94. The molecule has 29 heavy (non-hydrogen) atoms. The number of aryl methyl sites for hydroxylation is 1. The second kappa shape index (κ2) is 8.23. The summed E-state index contributed by atoms with van der Waals surface area (Å²) in [6.45, 7) is 1.82. The van der Waals surface area contributed by atoms with Crippen LogP contribution in [-0.4, -0.2) is 21.4 Å². The number of hydrogen-bond acceptors (Lipinski definition) is 3. The Kier molecular flexibility index (Phi) is 5.91. The highest BCUT2D eigenvalue weighted by Crippen LogP contribution is 2.24. The summed E-state index contributed by atoms with van der Waals surface area (Å²) in [6, 6.07) is 15.9. The Morgan fingerprint density at radius 2 is 1.72 bits per heavy atom. The molecule has 1 amide bonds. The van der Waals surface area contributed by atoms with E-state index in [4.69, 9.17) is 11.6 Å². The van der Waals surface area contributed by atoms with Crippen molar-refractivity contribution in [3.05, 3.63) is 88.7 Å². The molecular formula is C21H18ClFN2O3S. The molecule has 0 spiro atoms. The van der Waals surface area contributed by atoms with E-state index >= 15 is 0 Å². The van der Waals surface area contributed by atoms with Crippen molar-refractivity contribution in [3.63, 3.8) is 0 Å². The van der Waals surface area contributed by atoms with E-state index in [0.717, 1.165) is 9.87 Å². The molecule has 0 bridgehead atoms. The van der Waals surface area contributed by atoms with Crippen LogP contribution in [0.5, 0.6) is 0 Å². The molecule has 0 saturated heterocycles. The Labute approximate surface area is 173 Å². The topological polar surface area (TPSA) is 66.5 Å². The largest absolute Gasteiger partial charge is 0.322 e. The summed E-state index contributed by atoms with van der Waals surface area (Å²) in [7, 11) is -2.57. The van der Waals surface area contributed by atoms with Crippen LogP contribution in [0.2, 0.25) is 5.02 Å². The molecule has 0 radical (unpaired) electrons. The minimum absolute atomic E-state index is 0.0557. The van der Waals surface area contributed by atoms with Gasteiger partial charge >= 0.3 is 0 Å². The molecule has 5 nitrogen and oxygen atoms in total. The zero-order valence-electron chi connectivity index (χ0n) is 15.7. The quantitative estimate of drug-likeness (QED) is 0.625. The average Bonchev–Trinajstić information content (AvgIpc) is 2.71. The number of carbonyl (C=O) groups is 1. The third-order valence-electron chi connectivity index (χ3n) is 4.39. The molecule has 0 fully saturated rings. The lowest BCUT2D eigenvalue weighted by molar-refractivity contribution is 0.102. The molecule has 0 atom stereocenters. The molecule has 1 N–H and O–H groups in total. The summed E-state index contributed by atoms with van der Waals surface area (Å²) in [5.74, 6) is -0.925. The van der Waals surface area contributed by atoms with Crippen LogP contribution >= 0.6 is 11.6 Å². The smallest absolute Gasteiger partial charge is 0.264 e. The van der Waals surface area contributed by atoms with E-state index in [0.29, 0.717) is 16.4 Å². The summed E-state index contributed by atoms with van der Waals surface area (Å²) in [6.07, 6.45) is 0. The van der Waals surface area contributed by atoms with Crippen LogP contribution in [0.25, 0.3) is 0 Å². The molecule has 8 heteroatoms. The van der Waals surface area contributed by atoms with Crippen molar-refractivity contribution in [2.75, 3.05) is 16.7 Å². The summed E-state index contributed by atoms with van der Waals surface area (Å²) in [5, 5.41) is 3.21. The first-order valence-corrected chi connectivity index (χ1v) is 10.4. The van der Waals surface area contributed by atoms with Crippen molar-refractivity contribution in [3.8, 4) is 0 Å². The molecule has 0 saturated carbocycles. The molecule has 0 aromatic heterocycles. The van der Waals surface area contributed by atoms with Crippen LogP contribution in [0.4, 0.5) is 15.8 Å². The highest BCUT2D eigenvalue weighted by molar-refractivity contribution is 7.92. The highest BCUT2D eigenvalue weighted by Gasteiger charge is 2.22. The number of sulfonamides is 1. The maximum absolute atomic E-state index is 13.1. The van der Waals surface area contributed by atoms with Gasteiger partial charge in [-0.25, -0.2) is 12.8 Å². The van der Waals surface area contributed by atoms with Crippen molar-refractivity contribution in [1.82, 2.24) is 0 Å². The Morgan fingerprint density at radius 1 is 1.03 bits per heavy atom. The Morgan fingerprint density at radius 3 is 2.41 bits per heavy atom. The Hall–Kier alpha value is -2.90. The Bertz CT molecular complexity index is 1160. The molecule has 0 aliphatic heterocycles. The van der Waals surface area contributed by atoms with E-state index in [2.05, 4.69) is 5.32 Å².